The predicted molar refractivity (Wildman–Crippen MR) is 44.0 cm³/mol. The van der Waals surface area contributed by atoms with Crippen LogP contribution in [-0.2, 0) is 9.47 Å². The van der Waals surface area contributed by atoms with E-state index >= 15 is 0 Å². The lowest BCUT2D eigenvalue weighted by Crippen LogP contribution is -2.11. The van der Waals surface area contributed by atoms with Gasteiger partial charge in [0.25, 0.3) is 0 Å². The number of aliphatic hydroxyl groups excluding tert-OH is 1. The summed E-state index contributed by atoms with van der Waals surface area (Å²) in [6, 6.07) is 0. The van der Waals surface area contributed by atoms with Gasteiger partial charge in [-0.3, -0.25) is 0 Å². The van der Waals surface area contributed by atoms with Crippen LogP contribution in [0.3, 0.4) is 0 Å². The van der Waals surface area contributed by atoms with E-state index in [4.69, 9.17) is 16.7 Å². The van der Waals surface area contributed by atoms with Gasteiger partial charge in [0, 0.05) is 0 Å². The van der Waals surface area contributed by atoms with Gasteiger partial charge in [0.15, 0.2) is 5.56 Å². The number of rotatable bonds is 4. The van der Waals surface area contributed by atoms with Crippen LogP contribution < -0.4 is 0 Å². The van der Waals surface area contributed by atoms with E-state index in [9.17, 15) is 4.79 Å². The third-order valence-corrected chi connectivity index (χ3v) is 0.917. The Balaban J connectivity index is 3.38. The lowest BCUT2D eigenvalue weighted by Gasteiger charge is -2.04. The number of halogens is 1. The fraction of sp³-hybridized carbons (Fsp3) is 0.571. The minimum Gasteiger partial charge on any atom is -0.430 e. The Kier molecular flexibility index (Phi) is 6.51. The summed E-state index contributed by atoms with van der Waals surface area (Å²) in [6.07, 6.45) is 2.14. The quantitative estimate of drug-likeness (QED) is 0.416. The highest BCUT2D eigenvalue weighted by Gasteiger charge is 2.05. The molecule has 0 aliphatic rings. The molecular formula is C7H11ClO4. The fourth-order valence-electron chi connectivity index (χ4n) is 0.425. The maximum atomic E-state index is 10.6. The van der Waals surface area contributed by atoms with Gasteiger partial charge in [0.2, 0.25) is 0 Å². The average Bonchev–Trinajstić information content (AvgIpc) is 1.97. The summed E-state index contributed by atoms with van der Waals surface area (Å²) < 4.78 is 8.95. The molecule has 0 spiro atoms. The summed E-state index contributed by atoms with van der Waals surface area (Å²) in [5.74, 6) is 0. The topological polar surface area (TPSA) is 55.8 Å². The Morgan fingerprint density at radius 1 is 1.67 bits per heavy atom. The van der Waals surface area contributed by atoms with Crippen LogP contribution in [-0.4, -0.2) is 30.0 Å². The van der Waals surface area contributed by atoms with Gasteiger partial charge >= 0.3 is 6.16 Å². The molecule has 1 unspecified atom stereocenters. The number of aliphatic hydroxyl groups is 1. The van der Waals surface area contributed by atoms with Crippen LogP contribution in [0.5, 0.6) is 0 Å². The van der Waals surface area contributed by atoms with Crippen molar-refractivity contribution in [2.45, 2.75) is 12.5 Å². The Bertz CT molecular complexity index is 155. The first kappa shape index (κ1) is 11.3. The van der Waals surface area contributed by atoms with Crippen LogP contribution in [0.4, 0.5) is 4.79 Å². The smallest absolute Gasteiger partial charge is 0.430 e. The maximum absolute atomic E-state index is 10.6. The Morgan fingerprint density at radius 3 is 2.83 bits per heavy atom. The number of carbonyl (C=O) groups is 1. The minimum absolute atomic E-state index is 0.0724. The van der Waals surface area contributed by atoms with Crippen molar-refractivity contribution in [3.05, 3.63) is 12.2 Å². The Morgan fingerprint density at radius 2 is 2.33 bits per heavy atom. The third-order valence-electron chi connectivity index (χ3n) is 0.828. The van der Waals surface area contributed by atoms with E-state index in [1.165, 1.54) is 19.1 Å². The molecule has 0 rings (SSSR count). The molecule has 1 N–H and O–H groups in total. The molecule has 0 amide bonds. The summed E-state index contributed by atoms with van der Waals surface area (Å²) in [7, 11) is 0. The molecule has 0 bridgehead atoms. The molecule has 0 radical (unpaired) electrons. The molecule has 0 aromatic carbocycles. The molecule has 0 aliphatic heterocycles. The highest BCUT2D eigenvalue weighted by molar-refractivity contribution is 6.19. The summed E-state index contributed by atoms with van der Waals surface area (Å²) in [5.41, 5.74) is -0.695. The van der Waals surface area contributed by atoms with Gasteiger partial charge in [-0.1, -0.05) is 17.7 Å². The SMILES string of the molecule is CC(Cl)OC(=O)OCC=CCO. The summed E-state index contributed by atoms with van der Waals surface area (Å²) >= 11 is 5.33. The van der Waals surface area contributed by atoms with E-state index in [0.717, 1.165) is 0 Å². The van der Waals surface area contributed by atoms with Crippen LogP contribution in [0.2, 0.25) is 0 Å². The van der Waals surface area contributed by atoms with Crippen molar-refractivity contribution in [2.24, 2.45) is 0 Å². The van der Waals surface area contributed by atoms with E-state index in [2.05, 4.69) is 9.47 Å². The molecule has 4 nitrogen and oxygen atoms in total. The predicted octanol–water partition coefficient (Wildman–Crippen LogP) is 1.27. The van der Waals surface area contributed by atoms with Gasteiger partial charge in [-0.2, -0.15) is 0 Å². The van der Waals surface area contributed by atoms with Gasteiger partial charge in [0.05, 0.1) is 6.61 Å². The van der Waals surface area contributed by atoms with Crippen LogP contribution in [0.15, 0.2) is 12.2 Å². The first-order valence-corrected chi connectivity index (χ1v) is 3.83. The van der Waals surface area contributed by atoms with Crippen molar-refractivity contribution in [2.75, 3.05) is 13.2 Å². The highest BCUT2D eigenvalue weighted by atomic mass is 35.5. The number of hydrogen-bond acceptors (Lipinski definition) is 4. The lowest BCUT2D eigenvalue weighted by molar-refractivity contribution is 0.0573. The summed E-state index contributed by atoms with van der Waals surface area (Å²) in [6.45, 7) is 1.50. The van der Waals surface area contributed by atoms with Crippen LogP contribution in [0.25, 0.3) is 0 Å². The third kappa shape index (κ3) is 7.37. The van der Waals surface area contributed by atoms with Gasteiger partial charge in [0.1, 0.15) is 6.61 Å². The molecule has 0 fully saturated rings. The Labute approximate surface area is 75.7 Å². The van der Waals surface area contributed by atoms with E-state index in [0.29, 0.717) is 0 Å². The monoisotopic (exact) mass is 194 g/mol. The second-order valence-electron chi connectivity index (χ2n) is 1.88. The van der Waals surface area contributed by atoms with Crippen molar-refractivity contribution in [1.82, 2.24) is 0 Å². The zero-order chi connectivity index (χ0) is 9.40. The molecule has 0 aliphatic carbocycles. The van der Waals surface area contributed by atoms with Crippen molar-refractivity contribution in [3.63, 3.8) is 0 Å². The van der Waals surface area contributed by atoms with Crippen LogP contribution in [0, 0.1) is 0 Å². The largest absolute Gasteiger partial charge is 0.510 e. The summed E-state index contributed by atoms with van der Waals surface area (Å²) in [5, 5.41) is 8.30. The highest BCUT2D eigenvalue weighted by Crippen LogP contribution is 1.97. The molecule has 12 heavy (non-hydrogen) atoms. The maximum Gasteiger partial charge on any atom is 0.510 e. The van der Waals surface area contributed by atoms with E-state index in [1.54, 1.807) is 0 Å². The van der Waals surface area contributed by atoms with E-state index < -0.39 is 11.7 Å². The number of hydrogen-bond donors (Lipinski definition) is 1. The molecule has 5 heteroatoms. The van der Waals surface area contributed by atoms with Crippen molar-refractivity contribution < 1.29 is 19.4 Å². The zero-order valence-corrected chi connectivity index (χ0v) is 7.45. The molecule has 1 atom stereocenters. The molecular weight excluding hydrogens is 184 g/mol. The molecule has 70 valence electrons. The average molecular weight is 195 g/mol. The first-order chi connectivity index (χ1) is 5.66. The standard InChI is InChI=1S/C7H11ClO4/c1-6(8)12-7(10)11-5-3-2-4-9/h2-3,6,9H,4-5H2,1H3. The zero-order valence-electron chi connectivity index (χ0n) is 6.70. The van der Waals surface area contributed by atoms with Gasteiger partial charge in [-0.15, -0.1) is 0 Å². The normalized spacial score (nSPS) is 12.9. The van der Waals surface area contributed by atoms with Crippen molar-refractivity contribution in [3.8, 4) is 0 Å². The molecule has 0 aromatic rings. The lowest BCUT2D eigenvalue weighted by atomic mass is 10.5. The summed E-state index contributed by atoms with van der Waals surface area (Å²) in [4.78, 5) is 10.6. The number of alkyl halides is 1. The number of carbonyl (C=O) groups excluding carboxylic acids is 1. The molecule has 0 saturated heterocycles. The number of ether oxygens (including phenoxy) is 2. The van der Waals surface area contributed by atoms with Crippen LogP contribution in [0.1, 0.15) is 6.92 Å². The van der Waals surface area contributed by atoms with Gasteiger partial charge < -0.3 is 14.6 Å². The Hall–Kier alpha value is -0.740. The molecule has 0 saturated carbocycles. The molecule has 0 aromatic heterocycles. The first-order valence-electron chi connectivity index (χ1n) is 3.40. The van der Waals surface area contributed by atoms with Crippen molar-refractivity contribution in [1.29, 1.82) is 0 Å². The van der Waals surface area contributed by atoms with Crippen molar-refractivity contribution >= 4 is 17.8 Å². The van der Waals surface area contributed by atoms with Gasteiger partial charge in [-0.25, -0.2) is 4.79 Å². The van der Waals surface area contributed by atoms with E-state index in [1.807, 2.05) is 0 Å². The van der Waals surface area contributed by atoms with E-state index in [-0.39, 0.29) is 13.2 Å². The minimum atomic E-state index is -0.819. The molecule has 0 heterocycles. The second kappa shape index (κ2) is 6.94. The fourth-order valence-corrected chi connectivity index (χ4v) is 0.498. The second-order valence-corrected chi connectivity index (χ2v) is 2.49. The van der Waals surface area contributed by atoms with Crippen LogP contribution >= 0.6 is 11.6 Å². The van der Waals surface area contributed by atoms with Gasteiger partial charge in [-0.05, 0) is 13.0 Å².